The predicted molar refractivity (Wildman–Crippen MR) is 82.0 cm³/mol. The number of phenolic OH excluding ortho intramolecular Hbond substituents is 1. The molecule has 0 radical (unpaired) electrons. The third kappa shape index (κ3) is 2.70. The Morgan fingerprint density at radius 3 is 2.25 bits per heavy atom. The molecule has 0 saturated carbocycles. The molecule has 104 valence electrons. The highest BCUT2D eigenvalue weighted by molar-refractivity contribution is 5.41. The smallest absolute Gasteiger partial charge is 0.119 e. The Hall–Kier alpha value is -1.80. The topological polar surface area (TPSA) is 32.3 Å². The molecular formula is C18H21NO. The lowest BCUT2D eigenvalue weighted by molar-refractivity contribution is 0.336. The van der Waals surface area contributed by atoms with Gasteiger partial charge in [0.05, 0.1) is 0 Å². The Bertz CT molecular complexity index is 546. The lowest BCUT2D eigenvalue weighted by Gasteiger charge is -2.32. The SMILES string of the molecule is Oc1ccccc1C(c1ccccc1)C1CCNCC1. The van der Waals surface area contributed by atoms with Crippen molar-refractivity contribution in [3.63, 3.8) is 0 Å². The third-order valence-electron chi connectivity index (χ3n) is 4.29. The molecule has 1 atom stereocenters. The quantitative estimate of drug-likeness (QED) is 0.891. The zero-order chi connectivity index (χ0) is 13.8. The van der Waals surface area contributed by atoms with E-state index in [2.05, 4.69) is 35.6 Å². The van der Waals surface area contributed by atoms with Gasteiger partial charge in [-0.3, -0.25) is 0 Å². The molecule has 2 aromatic rings. The van der Waals surface area contributed by atoms with Crippen LogP contribution in [0.4, 0.5) is 0 Å². The van der Waals surface area contributed by atoms with Gasteiger partial charge in [-0.2, -0.15) is 0 Å². The van der Waals surface area contributed by atoms with Crippen LogP contribution in [0.1, 0.15) is 29.9 Å². The molecule has 0 amide bonds. The predicted octanol–water partition coefficient (Wildman–Crippen LogP) is 3.52. The molecule has 1 unspecified atom stereocenters. The zero-order valence-electron chi connectivity index (χ0n) is 11.6. The Morgan fingerprint density at radius 1 is 0.900 bits per heavy atom. The van der Waals surface area contributed by atoms with Gasteiger partial charge in [0.15, 0.2) is 0 Å². The van der Waals surface area contributed by atoms with Crippen molar-refractivity contribution in [2.75, 3.05) is 13.1 Å². The van der Waals surface area contributed by atoms with Crippen molar-refractivity contribution < 1.29 is 5.11 Å². The zero-order valence-corrected chi connectivity index (χ0v) is 11.6. The fourth-order valence-electron chi connectivity index (χ4n) is 3.29. The summed E-state index contributed by atoms with van der Waals surface area (Å²) in [6, 6.07) is 18.4. The Kier molecular flexibility index (Phi) is 4.03. The van der Waals surface area contributed by atoms with Gasteiger partial charge in [-0.15, -0.1) is 0 Å². The minimum atomic E-state index is 0.291. The highest BCUT2D eigenvalue weighted by Crippen LogP contribution is 2.40. The van der Waals surface area contributed by atoms with Crippen molar-refractivity contribution in [3.8, 4) is 5.75 Å². The summed E-state index contributed by atoms with van der Waals surface area (Å²) >= 11 is 0. The summed E-state index contributed by atoms with van der Waals surface area (Å²) in [6.45, 7) is 2.14. The van der Waals surface area contributed by atoms with Crippen molar-refractivity contribution in [1.29, 1.82) is 0 Å². The summed E-state index contributed by atoms with van der Waals surface area (Å²) in [5.41, 5.74) is 2.37. The van der Waals surface area contributed by atoms with Crippen LogP contribution in [0.25, 0.3) is 0 Å². The molecule has 2 N–H and O–H groups in total. The first-order valence-corrected chi connectivity index (χ1v) is 7.40. The average molecular weight is 267 g/mol. The standard InChI is InChI=1S/C18H21NO/c20-17-9-5-4-8-16(17)18(14-6-2-1-3-7-14)15-10-12-19-13-11-15/h1-9,15,18-20H,10-13H2. The first kappa shape index (κ1) is 13.2. The number of hydrogen-bond donors (Lipinski definition) is 2. The highest BCUT2D eigenvalue weighted by atomic mass is 16.3. The molecule has 1 fully saturated rings. The van der Waals surface area contributed by atoms with Gasteiger partial charge in [-0.05, 0) is 43.5 Å². The third-order valence-corrected chi connectivity index (χ3v) is 4.29. The minimum absolute atomic E-state index is 0.291. The second-order valence-corrected chi connectivity index (χ2v) is 5.53. The van der Waals surface area contributed by atoms with Crippen LogP contribution < -0.4 is 5.32 Å². The summed E-state index contributed by atoms with van der Waals surface area (Å²) in [7, 11) is 0. The molecule has 0 aromatic heterocycles. The molecule has 0 aliphatic carbocycles. The number of para-hydroxylation sites is 1. The molecule has 0 bridgehead atoms. The molecule has 1 aliphatic rings. The van der Waals surface area contributed by atoms with Crippen LogP contribution in [0.3, 0.4) is 0 Å². The number of benzene rings is 2. The molecule has 3 rings (SSSR count). The van der Waals surface area contributed by atoms with E-state index in [4.69, 9.17) is 0 Å². The number of aromatic hydroxyl groups is 1. The van der Waals surface area contributed by atoms with E-state index < -0.39 is 0 Å². The maximum absolute atomic E-state index is 10.3. The molecule has 1 aliphatic heterocycles. The van der Waals surface area contributed by atoms with Crippen LogP contribution in [0.5, 0.6) is 5.75 Å². The van der Waals surface area contributed by atoms with Crippen LogP contribution in [-0.4, -0.2) is 18.2 Å². The van der Waals surface area contributed by atoms with E-state index >= 15 is 0 Å². The van der Waals surface area contributed by atoms with E-state index in [-0.39, 0.29) is 0 Å². The fraction of sp³-hybridized carbons (Fsp3) is 0.333. The van der Waals surface area contributed by atoms with E-state index in [1.54, 1.807) is 6.07 Å². The van der Waals surface area contributed by atoms with Gasteiger partial charge in [0.1, 0.15) is 5.75 Å². The van der Waals surface area contributed by atoms with E-state index in [0.717, 1.165) is 31.5 Å². The second-order valence-electron chi connectivity index (χ2n) is 5.53. The number of phenols is 1. The number of hydrogen-bond acceptors (Lipinski definition) is 2. The number of piperidine rings is 1. The largest absolute Gasteiger partial charge is 0.508 e. The molecule has 20 heavy (non-hydrogen) atoms. The minimum Gasteiger partial charge on any atom is -0.508 e. The van der Waals surface area contributed by atoms with Gasteiger partial charge in [0.2, 0.25) is 0 Å². The monoisotopic (exact) mass is 267 g/mol. The lowest BCUT2D eigenvalue weighted by atomic mass is 9.76. The van der Waals surface area contributed by atoms with Crippen molar-refractivity contribution in [3.05, 3.63) is 65.7 Å². The summed E-state index contributed by atoms with van der Waals surface area (Å²) < 4.78 is 0. The normalized spacial score (nSPS) is 17.8. The van der Waals surface area contributed by atoms with Crippen molar-refractivity contribution in [2.45, 2.75) is 18.8 Å². The van der Waals surface area contributed by atoms with Gasteiger partial charge < -0.3 is 10.4 Å². The van der Waals surface area contributed by atoms with Gasteiger partial charge in [-0.1, -0.05) is 48.5 Å². The highest BCUT2D eigenvalue weighted by Gasteiger charge is 2.27. The summed E-state index contributed by atoms with van der Waals surface area (Å²) in [5, 5.41) is 13.7. The molecule has 2 nitrogen and oxygen atoms in total. The molecule has 1 saturated heterocycles. The summed E-state index contributed by atoms with van der Waals surface area (Å²) in [5.74, 6) is 1.30. The summed E-state index contributed by atoms with van der Waals surface area (Å²) in [6.07, 6.45) is 2.32. The van der Waals surface area contributed by atoms with Crippen LogP contribution in [-0.2, 0) is 0 Å². The van der Waals surface area contributed by atoms with E-state index in [1.165, 1.54) is 5.56 Å². The molecule has 0 spiro atoms. The lowest BCUT2D eigenvalue weighted by Crippen LogP contribution is -2.31. The Labute approximate surface area is 120 Å². The molecule has 2 aromatic carbocycles. The van der Waals surface area contributed by atoms with Gasteiger partial charge >= 0.3 is 0 Å². The molecule has 1 heterocycles. The first-order chi connectivity index (χ1) is 9.86. The fourth-order valence-corrected chi connectivity index (χ4v) is 3.29. The van der Waals surface area contributed by atoms with E-state index in [1.807, 2.05) is 18.2 Å². The van der Waals surface area contributed by atoms with Gasteiger partial charge in [0.25, 0.3) is 0 Å². The van der Waals surface area contributed by atoms with Crippen LogP contribution in [0, 0.1) is 5.92 Å². The first-order valence-electron chi connectivity index (χ1n) is 7.40. The van der Waals surface area contributed by atoms with Crippen molar-refractivity contribution >= 4 is 0 Å². The maximum Gasteiger partial charge on any atom is 0.119 e. The Morgan fingerprint density at radius 2 is 1.55 bits per heavy atom. The molecule has 2 heteroatoms. The van der Waals surface area contributed by atoms with Crippen LogP contribution >= 0.6 is 0 Å². The van der Waals surface area contributed by atoms with E-state index in [9.17, 15) is 5.11 Å². The maximum atomic E-state index is 10.3. The number of rotatable bonds is 3. The second kappa shape index (κ2) is 6.10. The van der Waals surface area contributed by atoms with Crippen molar-refractivity contribution in [1.82, 2.24) is 5.32 Å². The van der Waals surface area contributed by atoms with Gasteiger partial charge in [-0.25, -0.2) is 0 Å². The Balaban J connectivity index is 2.01. The van der Waals surface area contributed by atoms with Gasteiger partial charge in [0, 0.05) is 11.5 Å². The van der Waals surface area contributed by atoms with E-state index in [0.29, 0.717) is 17.6 Å². The molecular weight excluding hydrogens is 246 g/mol. The summed E-state index contributed by atoms with van der Waals surface area (Å²) in [4.78, 5) is 0. The van der Waals surface area contributed by atoms with Crippen LogP contribution in [0.15, 0.2) is 54.6 Å². The average Bonchev–Trinajstić information content (AvgIpc) is 2.52. The van der Waals surface area contributed by atoms with Crippen LogP contribution in [0.2, 0.25) is 0 Å². The van der Waals surface area contributed by atoms with Crippen molar-refractivity contribution in [2.24, 2.45) is 5.92 Å². The number of nitrogens with one attached hydrogen (secondary N) is 1.